The van der Waals surface area contributed by atoms with Crippen LogP contribution in [-0.2, 0) is 11.3 Å². The number of carbonyl (C=O) groups excluding carboxylic acids is 2. The normalized spacial score (nSPS) is 14.7. The third-order valence-electron chi connectivity index (χ3n) is 6.86. The molecule has 3 heterocycles. The van der Waals surface area contributed by atoms with Crippen molar-refractivity contribution in [3.8, 4) is 22.8 Å². The van der Waals surface area contributed by atoms with Gasteiger partial charge in [0.25, 0.3) is 0 Å². The number of anilines is 1. The number of nitrogens with one attached hydrogen (secondary N) is 1. The van der Waals surface area contributed by atoms with E-state index in [1.54, 1.807) is 4.90 Å². The van der Waals surface area contributed by atoms with Gasteiger partial charge in [-0.15, -0.1) is 10.2 Å². The standard InChI is InChI=1S/C30H36N6O4/c1-21-5-8-23(9-6-21)24-10-12-27(33-32-24)34-13-15-35(16-14-34)28(37)19-36(29(38)31-30(2,3)4)18-22-7-11-25-26(17-22)40-20-39-25/h5-12,17H,13-16,18-20H2,1-4H3,(H,31,38). The smallest absolute Gasteiger partial charge is 0.318 e. The summed E-state index contributed by atoms with van der Waals surface area (Å²) in [6.07, 6.45) is 0. The SMILES string of the molecule is Cc1ccc(-c2ccc(N3CCN(C(=O)CN(Cc4ccc5c(c4)OCO5)C(=O)NC(C)(C)C)CC3)nn2)cc1. The van der Waals surface area contributed by atoms with Crippen LogP contribution in [0, 0.1) is 6.92 Å². The van der Waals surface area contributed by atoms with E-state index in [1.807, 2.05) is 68.1 Å². The Bertz CT molecular complexity index is 1350. The van der Waals surface area contributed by atoms with Crippen LogP contribution in [0.2, 0.25) is 0 Å². The van der Waals surface area contributed by atoms with Crippen molar-refractivity contribution in [3.05, 3.63) is 65.7 Å². The summed E-state index contributed by atoms with van der Waals surface area (Å²) in [7, 11) is 0. The molecule has 5 rings (SSSR count). The highest BCUT2D eigenvalue weighted by Crippen LogP contribution is 2.33. The quantitative estimate of drug-likeness (QED) is 0.503. The van der Waals surface area contributed by atoms with Gasteiger partial charge in [0.1, 0.15) is 6.54 Å². The summed E-state index contributed by atoms with van der Waals surface area (Å²) >= 11 is 0. The molecule has 10 heteroatoms. The number of aryl methyl sites for hydroxylation is 1. The number of piperazine rings is 1. The van der Waals surface area contributed by atoms with Crippen LogP contribution in [0.4, 0.5) is 10.6 Å². The van der Waals surface area contributed by atoms with Crippen molar-refractivity contribution >= 4 is 17.8 Å². The molecule has 2 aliphatic heterocycles. The molecule has 0 unspecified atom stereocenters. The van der Waals surface area contributed by atoms with Crippen molar-refractivity contribution in [2.24, 2.45) is 0 Å². The average Bonchev–Trinajstić information content (AvgIpc) is 3.40. The second-order valence-corrected chi connectivity index (χ2v) is 11.2. The molecular formula is C30H36N6O4. The topological polar surface area (TPSA) is 100 Å². The van der Waals surface area contributed by atoms with Crippen molar-refractivity contribution in [1.82, 2.24) is 25.3 Å². The number of ether oxygens (including phenoxy) is 2. The van der Waals surface area contributed by atoms with Gasteiger partial charge in [-0.2, -0.15) is 0 Å². The van der Waals surface area contributed by atoms with Gasteiger partial charge in [0.2, 0.25) is 12.7 Å². The van der Waals surface area contributed by atoms with E-state index in [0.717, 1.165) is 22.6 Å². The number of hydrogen-bond acceptors (Lipinski definition) is 7. The van der Waals surface area contributed by atoms with Crippen LogP contribution in [0.15, 0.2) is 54.6 Å². The Morgan fingerprint density at radius 1 is 0.925 bits per heavy atom. The number of aromatic nitrogens is 2. The van der Waals surface area contributed by atoms with Gasteiger partial charge >= 0.3 is 6.03 Å². The van der Waals surface area contributed by atoms with E-state index in [0.29, 0.717) is 37.7 Å². The summed E-state index contributed by atoms with van der Waals surface area (Å²) in [6, 6.07) is 17.4. The summed E-state index contributed by atoms with van der Waals surface area (Å²) in [6.45, 7) is 10.6. The first kappa shape index (κ1) is 27.2. The van der Waals surface area contributed by atoms with Crippen LogP contribution in [0.5, 0.6) is 11.5 Å². The van der Waals surface area contributed by atoms with E-state index in [2.05, 4.69) is 39.5 Å². The van der Waals surface area contributed by atoms with Crippen molar-refractivity contribution in [2.45, 2.75) is 39.8 Å². The summed E-state index contributed by atoms with van der Waals surface area (Å²) in [5.74, 6) is 2.02. The molecule has 40 heavy (non-hydrogen) atoms. The largest absolute Gasteiger partial charge is 0.454 e. The predicted octanol–water partition coefficient (Wildman–Crippen LogP) is 3.84. The van der Waals surface area contributed by atoms with Gasteiger partial charge in [-0.25, -0.2) is 4.79 Å². The zero-order valence-corrected chi connectivity index (χ0v) is 23.5. The highest BCUT2D eigenvalue weighted by Gasteiger charge is 2.27. The maximum atomic E-state index is 13.3. The molecule has 0 radical (unpaired) electrons. The summed E-state index contributed by atoms with van der Waals surface area (Å²) in [4.78, 5) is 32.0. The van der Waals surface area contributed by atoms with Crippen molar-refractivity contribution in [1.29, 1.82) is 0 Å². The number of amides is 3. The van der Waals surface area contributed by atoms with Gasteiger partial charge < -0.3 is 29.5 Å². The van der Waals surface area contributed by atoms with Gasteiger partial charge in [0, 0.05) is 43.8 Å². The molecule has 2 aromatic carbocycles. The maximum Gasteiger partial charge on any atom is 0.318 e. The van der Waals surface area contributed by atoms with Crippen LogP contribution >= 0.6 is 0 Å². The lowest BCUT2D eigenvalue weighted by molar-refractivity contribution is -0.132. The fraction of sp³-hybridized carbons (Fsp3) is 0.400. The number of fused-ring (bicyclic) bond motifs is 1. The molecule has 0 saturated carbocycles. The highest BCUT2D eigenvalue weighted by molar-refractivity contribution is 5.84. The van der Waals surface area contributed by atoms with E-state index in [-0.39, 0.29) is 31.8 Å². The first-order valence-corrected chi connectivity index (χ1v) is 13.5. The lowest BCUT2D eigenvalue weighted by atomic mass is 10.1. The Morgan fingerprint density at radius 3 is 2.33 bits per heavy atom. The Kier molecular flexibility index (Phi) is 7.77. The Labute approximate surface area is 234 Å². The Balaban J connectivity index is 1.20. The first-order chi connectivity index (χ1) is 19.1. The minimum atomic E-state index is -0.436. The van der Waals surface area contributed by atoms with E-state index >= 15 is 0 Å². The van der Waals surface area contributed by atoms with Crippen LogP contribution < -0.4 is 19.7 Å². The molecule has 3 aromatic rings. The van der Waals surface area contributed by atoms with Gasteiger partial charge in [-0.3, -0.25) is 4.79 Å². The molecule has 210 valence electrons. The lowest BCUT2D eigenvalue weighted by Gasteiger charge is -2.36. The van der Waals surface area contributed by atoms with E-state index in [9.17, 15) is 9.59 Å². The molecule has 0 atom stereocenters. The lowest BCUT2D eigenvalue weighted by Crippen LogP contribution is -2.54. The zero-order valence-electron chi connectivity index (χ0n) is 23.5. The molecule has 10 nitrogen and oxygen atoms in total. The molecule has 1 fully saturated rings. The zero-order chi connectivity index (χ0) is 28.3. The Hall–Kier alpha value is -4.34. The average molecular weight is 545 g/mol. The third kappa shape index (κ3) is 6.62. The number of urea groups is 1. The monoisotopic (exact) mass is 544 g/mol. The second-order valence-electron chi connectivity index (χ2n) is 11.2. The number of carbonyl (C=O) groups is 2. The molecule has 2 aliphatic rings. The van der Waals surface area contributed by atoms with Crippen molar-refractivity contribution in [2.75, 3.05) is 44.4 Å². The molecule has 1 N–H and O–H groups in total. The number of benzene rings is 2. The van der Waals surface area contributed by atoms with Gasteiger partial charge in [-0.1, -0.05) is 35.9 Å². The van der Waals surface area contributed by atoms with Crippen LogP contribution in [0.1, 0.15) is 31.9 Å². The van der Waals surface area contributed by atoms with Crippen LogP contribution in [-0.4, -0.2) is 77.0 Å². The molecule has 1 aromatic heterocycles. The molecule has 1 saturated heterocycles. The minimum Gasteiger partial charge on any atom is -0.454 e. The number of rotatable bonds is 6. The highest BCUT2D eigenvalue weighted by atomic mass is 16.7. The van der Waals surface area contributed by atoms with E-state index in [1.165, 1.54) is 5.56 Å². The van der Waals surface area contributed by atoms with Crippen LogP contribution in [0.3, 0.4) is 0 Å². The molecule has 3 amide bonds. The van der Waals surface area contributed by atoms with Gasteiger partial charge in [0.05, 0.1) is 5.69 Å². The minimum absolute atomic E-state index is 0.0264. The number of nitrogens with zero attached hydrogens (tertiary/aromatic N) is 5. The maximum absolute atomic E-state index is 13.3. The molecule has 0 aliphatic carbocycles. The third-order valence-corrected chi connectivity index (χ3v) is 6.86. The fourth-order valence-corrected chi connectivity index (χ4v) is 4.68. The van der Waals surface area contributed by atoms with E-state index < -0.39 is 5.54 Å². The van der Waals surface area contributed by atoms with Crippen LogP contribution in [0.25, 0.3) is 11.3 Å². The Morgan fingerprint density at radius 2 is 1.65 bits per heavy atom. The summed E-state index contributed by atoms with van der Waals surface area (Å²) in [5, 5.41) is 11.8. The van der Waals surface area contributed by atoms with Gasteiger partial charge in [0.15, 0.2) is 17.3 Å². The van der Waals surface area contributed by atoms with Gasteiger partial charge in [-0.05, 0) is 57.5 Å². The molecule has 0 bridgehead atoms. The summed E-state index contributed by atoms with van der Waals surface area (Å²) < 4.78 is 10.9. The first-order valence-electron chi connectivity index (χ1n) is 13.5. The summed E-state index contributed by atoms with van der Waals surface area (Å²) in [5.41, 5.74) is 3.48. The van der Waals surface area contributed by atoms with E-state index in [4.69, 9.17) is 9.47 Å². The van der Waals surface area contributed by atoms with Crippen molar-refractivity contribution in [3.63, 3.8) is 0 Å². The fourth-order valence-electron chi connectivity index (χ4n) is 4.68. The second kappa shape index (κ2) is 11.4. The predicted molar refractivity (Wildman–Crippen MR) is 152 cm³/mol. The van der Waals surface area contributed by atoms with Crippen molar-refractivity contribution < 1.29 is 19.1 Å². The number of hydrogen-bond donors (Lipinski definition) is 1. The molecular weight excluding hydrogens is 508 g/mol. The molecule has 0 spiro atoms.